The summed E-state index contributed by atoms with van der Waals surface area (Å²) < 4.78 is 10.8. The molecule has 6 nitrogen and oxygen atoms in total. The van der Waals surface area contributed by atoms with Crippen LogP contribution in [0, 0.1) is 0 Å². The number of methoxy groups -OCH3 is 1. The van der Waals surface area contributed by atoms with Gasteiger partial charge in [0.1, 0.15) is 0 Å². The maximum atomic E-state index is 5.75. The lowest BCUT2D eigenvalue weighted by atomic mass is 10.1. The summed E-state index contributed by atoms with van der Waals surface area (Å²) in [5.74, 6) is 0.813. The summed E-state index contributed by atoms with van der Waals surface area (Å²) in [6.07, 6.45) is 7.07. The molecule has 6 heteroatoms. The number of hydrogen-bond acceptors (Lipinski definition) is 4. The van der Waals surface area contributed by atoms with E-state index < -0.39 is 0 Å². The Hall–Kier alpha value is -1.66. The van der Waals surface area contributed by atoms with Gasteiger partial charge in [-0.25, -0.2) is 4.99 Å². The van der Waals surface area contributed by atoms with Gasteiger partial charge in [-0.2, -0.15) is 0 Å². The van der Waals surface area contributed by atoms with Crippen LogP contribution in [-0.4, -0.2) is 50.0 Å². The molecule has 0 aromatic carbocycles. The van der Waals surface area contributed by atoms with Gasteiger partial charge in [-0.1, -0.05) is 6.07 Å². The summed E-state index contributed by atoms with van der Waals surface area (Å²) >= 11 is 0. The standard InChI is InChI=1S/C17H28N4O2/c1-14(16-7-4-11-23-16)21-17(19-9-5-10-22-2)20-13-15-6-3-8-18-12-15/h3,6,8,12,14,16H,4-5,7,9-11,13H2,1-2H3,(H2,19,20,21). The molecule has 1 aromatic rings. The molecule has 2 rings (SSSR count). The maximum Gasteiger partial charge on any atom is 0.191 e. The van der Waals surface area contributed by atoms with E-state index in [1.54, 1.807) is 13.3 Å². The first kappa shape index (κ1) is 17.7. The molecule has 0 aliphatic carbocycles. The van der Waals surface area contributed by atoms with Crippen molar-refractivity contribution in [3.63, 3.8) is 0 Å². The Morgan fingerprint density at radius 1 is 1.57 bits per heavy atom. The molecule has 2 unspecified atom stereocenters. The number of ether oxygens (including phenoxy) is 2. The van der Waals surface area contributed by atoms with E-state index in [-0.39, 0.29) is 12.1 Å². The van der Waals surface area contributed by atoms with Crippen LogP contribution in [0.1, 0.15) is 31.7 Å². The first-order valence-electron chi connectivity index (χ1n) is 8.34. The van der Waals surface area contributed by atoms with Crippen molar-refractivity contribution in [1.82, 2.24) is 15.6 Å². The van der Waals surface area contributed by atoms with Gasteiger partial charge in [-0.3, -0.25) is 4.98 Å². The van der Waals surface area contributed by atoms with Gasteiger partial charge in [0, 0.05) is 39.3 Å². The number of pyridine rings is 1. The minimum Gasteiger partial charge on any atom is -0.385 e. The van der Waals surface area contributed by atoms with Crippen LogP contribution in [0.25, 0.3) is 0 Å². The van der Waals surface area contributed by atoms with Crippen LogP contribution in [0.3, 0.4) is 0 Å². The Morgan fingerprint density at radius 2 is 2.48 bits per heavy atom. The Morgan fingerprint density at radius 3 is 3.17 bits per heavy atom. The van der Waals surface area contributed by atoms with Crippen LogP contribution in [0.5, 0.6) is 0 Å². The largest absolute Gasteiger partial charge is 0.385 e. The smallest absolute Gasteiger partial charge is 0.191 e. The number of aromatic nitrogens is 1. The predicted octanol–water partition coefficient (Wildman–Crippen LogP) is 1.72. The van der Waals surface area contributed by atoms with E-state index in [1.807, 2.05) is 18.3 Å². The van der Waals surface area contributed by atoms with Gasteiger partial charge in [0.2, 0.25) is 0 Å². The molecule has 2 N–H and O–H groups in total. The predicted molar refractivity (Wildman–Crippen MR) is 91.4 cm³/mol. The summed E-state index contributed by atoms with van der Waals surface area (Å²) in [5.41, 5.74) is 1.09. The van der Waals surface area contributed by atoms with Crippen LogP contribution in [-0.2, 0) is 16.0 Å². The topological polar surface area (TPSA) is 67.8 Å². The van der Waals surface area contributed by atoms with E-state index in [9.17, 15) is 0 Å². The maximum absolute atomic E-state index is 5.75. The van der Waals surface area contributed by atoms with Gasteiger partial charge < -0.3 is 20.1 Å². The highest BCUT2D eigenvalue weighted by molar-refractivity contribution is 5.80. The molecule has 1 aromatic heterocycles. The molecule has 23 heavy (non-hydrogen) atoms. The van der Waals surface area contributed by atoms with Crippen molar-refractivity contribution in [3.05, 3.63) is 30.1 Å². The zero-order valence-electron chi connectivity index (χ0n) is 14.1. The molecule has 2 atom stereocenters. The summed E-state index contributed by atoms with van der Waals surface area (Å²) in [7, 11) is 1.72. The van der Waals surface area contributed by atoms with Crippen molar-refractivity contribution in [2.24, 2.45) is 4.99 Å². The quantitative estimate of drug-likeness (QED) is 0.434. The van der Waals surface area contributed by atoms with Crippen molar-refractivity contribution >= 4 is 5.96 Å². The molecule has 1 saturated heterocycles. The summed E-state index contributed by atoms with van der Waals surface area (Å²) in [6.45, 7) is 5.17. The van der Waals surface area contributed by atoms with Crippen LogP contribution < -0.4 is 10.6 Å². The molecule has 0 radical (unpaired) electrons. The van der Waals surface area contributed by atoms with Gasteiger partial charge in [-0.05, 0) is 37.8 Å². The molecule has 1 aliphatic rings. The molecule has 0 bridgehead atoms. The summed E-state index contributed by atoms with van der Waals surface area (Å²) in [5, 5.41) is 6.82. The SMILES string of the molecule is COCCCNC(=NCc1cccnc1)NC(C)C1CCCO1. The average Bonchev–Trinajstić information content (AvgIpc) is 3.12. The molecular formula is C17H28N4O2. The van der Waals surface area contributed by atoms with Crippen LogP contribution >= 0.6 is 0 Å². The molecule has 0 amide bonds. The van der Waals surface area contributed by atoms with Crippen molar-refractivity contribution in [2.75, 3.05) is 26.9 Å². The van der Waals surface area contributed by atoms with E-state index >= 15 is 0 Å². The number of nitrogens with one attached hydrogen (secondary N) is 2. The lowest BCUT2D eigenvalue weighted by molar-refractivity contribution is 0.0890. The molecule has 2 heterocycles. The summed E-state index contributed by atoms with van der Waals surface area (Å²) in [6, 6.07) is 4.20. The molecule has 1 aliphatic heterocycles. The molecule has 128 valence electrons. The number of aliphatic imine (C=N–C) groups is 1. The Kier molecular flexibility index (Phi) is 7.83. The normalized spacial score (nSPS) is 19.6. The van der Waals surface area contributed by atoms with Gasteiger partial charge in [0.15, 0.2) is 5.96 Å². The molecule has 0 saturated carbocycles. The third-order valence-electron chi connectivity index (χ3n) is 3.85. The monoisotopic (exact) mass is 320 g/mol. The van der Waals surface area contributed by atoms with Crippen LogP contribution in [0.4, 0.5) is 0 Å². The molecule has 1 fully saturated rings. The van der Waals surface area contributed by atoms with Gasteiger partial charge in [0.25, 0.3) is 0 Å². The lowest BCUT2D eigenvalue weighted by Crippen LogP contribution is -2.47. The lowest BCUT2D eigenvalue weighted by Gasteiger charge is -2.23. The van der Waals surface area contributed by atoms with Gasteiger partial charge >= 0.3 is 0 Å². The zero-order chi connectivity index (χ0) is 16.3. The van der Waals surface area contributed by atoms with E-state index in [0.717, 1.165) is 50.5 Å². The highest BCUT2D eigenvalue weighted by Crippen LogP contribution is 2.15. The first-order valence-corrected chi connectivity index (χ1v) is 8.34. The highest BCUT2D eigenvalue weighted by Gasteiger charge is 2.22. The van der Waals surface area contributed by atoms with Crippen molar-refractivity contribution in [2.45, 2.75) is 44.9 Å². The Bertz CT molecular complexity index is 461. The van der Waals surface area contributed by atoms with E-state index in [0.29, 0.717) is 6.54 Å². The fourth-order valence-corrected chi connectivity index (χ4v) is 2.54. The van der Waals surface area contributed by atoms with E-state index in [4.69, 9.17) is 9.47 Å². The van der Waals surface area contributed by atoms with Crippen LogP contribution in [0.2, 0.25) is 0 Å². The van der Waals surface area contributed by atoms with Crippen LogP contribution in [0.15, 0.2) is 29.5 Å². The third-order valence-corrected chi connectivity index (χ3v) is 3.85. The minimum absolute atomic E-state index is 0.236. The number of hydrogen-bond donors (Lipinski definition) is 2. The number of rotatable bonds is 8. The fourth-order valence-electron chi connectivity index (χ4n) is 2.54. The fraction of sp³-hybridized carbons (Fsp3) is 0.647. The Labute approximate surface area is 138 Å². The first-order chi connectivity index (χ1) is 11.3. The average molecular weight is 320 g/mol. The minimum atomic E-state index is 0.236. The highest BCUT2D eigenvalue weighted by atomic mass is 16.5. The second-order valence-corrected chi connectivity index (χ2v) is 5.78. The second-order valence-electron chi connectivity index (χ2n) is 5.78. The van der Waals surface area contributed by atoms with E-state index in [1.165, 1.54) is 0 Å². The van der Waals surface area contributed by atoms with Crippen molar-refractivity contribution in [1.29, 1.82) is 0 Å². The number of nitrogens with zero attached hydrogens (tertiary/aromatic N) is 2. The van der Waals surface area contributed by atoms with Crippen molar-refractivity contribution in [3.8, 4) is 0 Å². The summed E-state index contributed by atoms with van der Waals surface area (Å²) in [4.78, 5) is 8.79. The van der Waals surface area contributed by atoms with E-state index in [2.05, 4.69) is 27.5 Å². The molecule has 0 spiro atoms. The van der Waals surface area contributed by atoms with Gasteiger partial charge in [-0.15, -0.1) is 0 Å². The zero-order valence-corrected chi connectivity index (χ0v) is 14.1. The van der Waals surface area contributed by atoms with Crippen molar-refractivity contribution < 1.29 is 9.47 Å². The van der Waals surface area contributed by atoms with Gasteiger partial charge in [0.05, 0.1) is 18.7 Å². The second kappa shape index (κ2) is 10.2. The molecular weight excluding hydrogens is 292 g/mol. The third kappa shape index (κ3) is 6.54. The Balaban J connectivity index is 1.89. The number of guanidine groups is 1.